The molecule has 1 saturated heterocycles. The number of piperidine rings is 1. The van der Waals surface area contributed by atoms with Gasteiger partial charge in [-0.25, -0.2) is 4.98 Å². The normalized spacial score (nSPS) is 22.0. The van der Waals surface area contributed by atoms with Gasteiger partial charge in [-0.3, -0.25) is 9.20 Å². The molecule has 22 heavy (non-hydrogen) atoms. The van der Waals surface area contributed by atoms with E-state index in [1.165, 1.54) is 0 Å². The number of pyridine rings is 1. The van der Waals surface area contributed by atoms with Crippen molar-refractivity contribution in [3.63, 3.8) is 0 Å². The number of imidazole rings is 1. The van der Waals surface area contributed by atoms with Gasteiger partial charge in [-0.2, -0.15) is 4.98 Å². The second-order valence-electron chi connectivity index (χ2n) is 5.83. The zero-order chi connectivity index (χ0) is 15.2. The first-order valence-corrected chi connectivity index (χ1v) is 7.19. The van der Waals surface area contributed by atoms with Crippen LogP contribution in [0.1, 0.15) is 25.7 Å². The first-order chi connectivity index (χ1) is 10.7. The lowest BCUT2D eigenvalue weighted by molar-refractivity contribution is -0.123. The summed E-state index contributed by atoms with van der Waals surface area (Å²) in [6, 6.07) is 5.78. The summed E-state index contributed by atoms with van der Waals surface area (Å²) in [5.74, 6) is 1.12. The number of nitrogens with zero attached hydrogens (tertiary/aromatic N) is 4. The molecule has 1 amide bonds. The lowest BCUT2D eigenvalue weighted by atomic mass is 9.82. The molecule has 0 aromatic carbocycles. The fourth-order valence-electron chi connectivity index (χ4n) is 2.71. The summed E-state index contributed by atoms with van der Waals surface area (Å²) in [6.45, 7) is 2.54. The quantitative estimate of drug-likeness (QED) is 0.775. The first kappa shape index (κ1) is 13.0. The van der Waals surface area contributed by atoms with Gasteiger partial charge >= 0.3 is 0 Å². The third-order valence-corrected chi connectivity index (χ3v) is 4.17. The van der Waals surface area contributed by atoms with Gasteiger partial charge in [0.2, 0.25) is 17.6 Å². The van der Waals surface area contributed by atoms with E-state index >= 15 is 0 Å². The maximum absolute atomic E-state index is 11.3. The zero-order valence-electron chi connectivity index (χ0n) is 12.1. The molecule has 3 aromatic heterocycles. The maximum atomic E-state index is 11.3. The molecule has 7 heteroatoms. The summed E-state index contributed by atoms with van der Waals surface area (Å²) < 4.78 is 7.38. The van der Waals surface area contributed by atoms with Crippen LogP contribution in [0, 0.1) is 0 Å². The van der Waals surface area contributed by atoms with Crippen LogP contribution in [0.4, 0.5) is 0 Å². The van der Waals surface area contributed by atoms with Crippen LogP contribution < -0.4 is 5.32 Å². The van der Waals surface area contributed by atoms with E-state index < -0.39 is 0 Å². The summed E-state index contributed by atoms with van der Waals surface area (Å²) in [6.07, 6.45) is 4.82. The van der Waals surface area contributed by atoms with Crippen LogP contribution in [0.2, 0.25) is 0 Å². The molecule has 0 spiro atoms. The van der Waals surface area contributed by atoms with Crippen LogP contribution in [0.15, 0.2) is 35.1 Å². The van der Waals surface area contributed by atoms with Crippen LogP contribution in [0.5, 0.6) is 0 Å². The largest absolute Gasteiger partial charge is 0.355 e. The number of hydrogen-bond acceptors (Lipinski definition) is 5. The smallest absolute Gasteiger partial charge is 0.234 e. The van der Waals surface area contributed by atoms with Gasteiger partial charge in [-0.1, -0.05) is 11.2 Å². The van der Waals surface area contributed by atoms with Crippen molar-refractivity contribution in [2.45, 2.75) is 25.2 Å². The van der Waals surface area contributed by atoms with E-state index in [4.69, 9.17) is 4.52 Å². The van der Waals surface area contributed by atoms with E-state index in [0.29, 0.717) is 31.1 Å². The molecular weight excluding hydrogens is 282 g/mol. The van der Waals surface area contributed by atoms with Gasteiger partial charge in [0.25, 0.3) is 0 Å². The molecule has 1 atom stereocenters. The molecule has 4 heterocycles. The fourth-order valence-corrected chi connectivity index (χ4v) is 2.71. The number of carbonyl (C=O) groups is 1. The Balaban J connectivity index is 1.71. The number of nitrogens with one attached hydrogen (secondary N) is 1. The molecule has 7 nitrogen and oxygen atoms in total. The number of rotatable bonds is 2. The average molecular weight is 297 g/mol. The fraction of sp³-hybridized carbons (Fsp3) is 0.333. The van der Waals surface area contributed by atoms with Crippen LogP contribution in [0.3, 0.4) is 0 Å². The monoisotopic (exact) mass is 297 g/mol. The van der Waals surface area contributed by atoms with Gasteiger partial charge in [0.15, 0.2) is 0 Å². The van der Waals surface area contributed by atoms with Gasteiger partial charge in [0.05, 0.1) is 11.6 Å². The summed E-state index contributed by atoms with van der Waals surface area (Å²) in [5.41, 5.74) is 1.30. The molecule has 4 rings (SSSR count). The summed E-state index contributed by atoms with van der Waals surface area (Å²) >= 11 is 0. The third kappa shape index (κ3) is 1.97. The van der Waals surface area contributed by atoms with Crippen LogP contribution in [-0.2, 0) is 10.2 Å². The minimum atomic E-state index is -0.320. The van der Waals surface area contributed by atoms with E-state index in [0.717, 1.165) is 11.3 Å². The number of fused-ring (bicyclic) bond motifs is 1. The molecule has 0 aliphatic carbocycles. The van der Waals surface area contributed by atoms with Gasteiger partial charge in [-0.05, 0) is 25.5 Å². The highest BCUT2D eigenvalue weighted by Crippen LogP contribution is 2.31. The van der Waals surface area contributed by atoms with E-state index in [-0.39, 0.29) is 11.3 Å². The van der Waals surface area contributed by atoms with E-state index in [9.17, 15) is 4.79 Å². The maximum Gasteiger partial charge on any atom is 0.234 e. The highest BCUT2D eigenvalue weighted by Gasteiger charge is 2.37. The van der Waals surface area contributed by atoms with Crippen LogP contribution >= 0.6 is 0 Å². The van der Waals surface area contributed by atoms with Crippen molar-refractivity contribution < 1.29 is 9.32 Å². The molecular formula is C15H15N5O2. The van der Waals surface area contributed by atoms with Crippen molar-refractivity contribution in [1.29, 1.82) is 0 Å². The number of amides is 1. The Morgan fingerprint density at radius 2 is 2.32 bits per heavy atom. The van der Waals surface area contributed by atoms with Gasteiger partial charge in [-0.15, -0.1) is 0 Å². The number of carbonyl (C=O) groups excluding carboxylic acids is 1. The highest BCUT2D eigenvalue weighted by atomic mass is 16.5. The Bertz CT molecular complexity index is 840. The summed E-state index contributed by atoms with van der Waals surface area (Å²) in [7, 11) is 0. The number of hydrogen-bond donors (Lipinski definition) is 1. The average Bonchev–Trinajstić information content (AvgIpc) is 3.17. The standard InChI is InChI=1S/C15H15N5O2/c1-15(6-5-12(21)17-9-15)14-18-13(19-22-14)10-8-16-11-4-2-3-7-20(10)11/h2-4,7-8H,5-6,9H2,1H3,(H,17,21). The second-order valence-corrected chi connectivity index (χ2v) is 5.83. The Labute approximate surface area is 126 Å². The molecule has 112 valence electrons. The summed E-state index contributed by atoms with van der Waals surface area (Å²) in [5, 5.41) is 6.95. The van der Waals surface area contributed by atoms with E-state index in [2.05, 4.69) is 20.4 Å². The van der Waals surface area contributed by atoms with E-state index in [1.54, 1.807) is 6.20 Å². The highest BCUT2D eigenvalue weighted by molar-refractivity contribution is 5.77. The minimum Gasteiger partial charge on any atom is -0.355 e. The molecule has 0 radical (unpaired) electrons. The predicted molar refractivity (Wildman–Crippen MR) is 78.1 cm³/mol. The van der Waals surface area contributed by atoms with E-state index in [1.807, 2.05) is 35.7 Å². The van der Waals surface area contributed by atoms with Crippen molar-refractivity contribution in [2.24, 2.45) is 0 Å². The minimum absolute atomic E-state index is 0.0685. The van der Waals surface area contributed by atoms with Crippen molar-refractivity contribution >= 4 is 11.6 Å². The zero-order valence-corrected chi connectivity index (χ0v) is 12.1. The molecule has 0 saturated carbocycles. The van der Waals surface area contributed by atoms with Crippen molar-refractivity contribution in [3.8, 4) is 11.5 Å². The van der Waals surface area contributed by atoms with Crippen molar-refractivity contribution in [3.05, 3.63) is 36.5 Å². The SMILES string of the molecule is CC1(c2nc(-c3cnc4ccccn34)no2)CCC(=O)NC1. The van der Waals surface area contributed by atoms with Crippen LogP contribution in [-0.4, -0.2) is 32.0 Å². The topological polar surface area (TPSA) is 85.3 Å². The molecule has 1 aliphatic heterocycles. The molecule has 3 aromatic rings. The van der Waals surface area contributed by atoms with Crippen LogP contribution in [0.25, 0.3) is 17.2 Å². The third-order valence-electron chi connectivity index (χ3n) is 4.17. The Morgan fingerprint density at radius 1 is 1.41 bits per heavy atom. The molecule has 1 N–H and O–H groups in total. The molecule has 1 aliphatic rings. The molecule has 1 fully saturated rings. The first-order valence-electron chi connectivity index (χ1n) is 7.19. The molecule has 0 bridgehead atoms. The Morgan fingerprint density at radius 3 is 3.14 bits per heavy atom. The van der Waals surface area contributed by atoms with Crippen molar-refractivity contribution in [1.82, 2.24) is 24.8 Å². The Kier molecular flexibility index (Phi) is 2.75. The van der Waals surface area contributed by atoms with Gasteiger partial charge in [0, 0.05) is 19.2 Å². The second kappa shape index (κ2) is 4.66. The molecule has 1 unspecified atom stereocenters. The Hall–Kier alpha value is -2.70. The number of aromatic nitrogens is 4. The lowest BCUT2D eigenvalue weighted by Gasteiger charge is -2.29. The predicted octanol–water partition coefficient (Wildman–Crippen LogP) is 1.55. The van der Waals surface area contributed by atoms with Gasteiger partial charge in [0.1, 0.15) is 11.3 Å². The lowest BCUT2D eigenvalue weighted by Crippen LogP contribution is -2.44. The summed E-state index contributed by atoms with van der Waals surface area (Å²) in [4.78, 5) is 20.2. The van der Waals surface area contributed by atoms with Gasteiger partial charge < -0.3 is 9.84 Å². The van der Waals surface area contributed by atoms with Crippen molar-refractivity contribution in [2.75, 3.05) is 6.54 Å².